The second kappa shape index (κ2) is 5.63. The lowest BCUT2D eigenvalue weighted by molar-refractivity contribution is 0.647. The highest BCUT2D eigenvalue weighted by atomic mass is 32.1. The third-order valence-corrected chi connectivity index (χ3v) is 3.96. The van der Waals surface area contributed by atoms with Crippen molar-refractivity contribution in [2.24, 2.45) is 0 Å². The first-order valence-corrected chi connectivity index (χ1v) is 7.08. The molecule has 98 valence electrons. The Morgan fingerprint density at radius 1 is 1.33 bits per heavy atom. The van der Waals surface area contributed by atoms with Crippen molar-refractivity contribution >= 4 is 11.3 Å². The monoisotopic (exact) mass is 264 g/mol. The minimum atomic E-state index is 0.774. The third-order valence-electron chi connectivity index (χ3n) is 3.13. The van der Waals surface area contributed by atoms with Crippen LogP contribution in [0.15, 0.2) is 5.38 Å². The lowest BCUT2D eigenvalue weighted by Crippen LogP contribution is -2.11. The summed E-state index contributed by atoms with van der Waals surface area (Å²) in [6.45, 7) is 8.03. The first-order chi connectivity index (χ1) is 8.61. The van der Waals surface area contributed by atoms with E-state index < -0.39 is 0 Å². The first kappa shape index (κ1) is 13.2. The van der Waals surface area contributed by atoms with E-state index in [1.54, 1.807) is 11.3 Å². The van der Waals surface area contributed by atoms with E-state index in [9.17, 15) is 0 Å². The summed E-state index contributed by atoms with van der Waals surface area (Å²) in [5.41, 5.74) is 4.85. The Morgan fingerprint density at radius 3 is 2.72 bits per heavy atom. The number of likely N-dealkylation sites (N-methyl/N-ethyl adjacent to an activating group) is 1. The Labute approximate surface area is 112 Å². The second-order valence-electron chi connectivity index (χ2n) is 4.52. The molecule has 0 unspecified atom stereocenters. The average Bonchev–Trinajstić information content (AvgIpc) is 2.84. The van der Waals surface area contributed by atoms with E-state index in [0.29, 0.717) is 0 Å². The molecule has 0 fully saturated rings. The summed E-state index contributed by atoms with van der Waals surface area (Å²) >= 11 is 1.69. The molecule has 18 heavy (non-hydrogen) atoms. The molecule has 0 aliphatic carbocycles. The Balaban J connectivity index is 2.18. The zero-order valence-electron chi connectivity index (χ0n) is 11.4. The molecule has 2 heterocycles. The minimum absolute atomic E-state index is 0.774. The van der Waals surface area contributed by atoms with Crippen molar-refractivity contribution in [2.75, 3.05) is 13.6 Å². The van der Waals surface area contributed by atoms with Gasteiger partial charge in [0.15, 0.2) is 0 Å². The molecule has 0 aromatic carbocycles. The molecule has 5 heteroatoms. The van der Waals surface area contributed by atoms with Crippen LogP contribution in [0, 0.1) is 20.8 Å². The number of thiazole rings is 1. The fourth-order valence-corrected chi connectivity index (χ4v) is 2.74. The van der Waals surface area contributed by atoms with Gasteiger partial charge in [0.1, 0.15) is 0 Å². The second-order valence-corrected chi connectivity index (χ2v) is 5.58. The summed E-state index contributed by atoms with van der Waals surface area (Å²) in [5.74, 6) is 0. The van der Waals surface area contributed by atoms with E-state index in [1.165, 1.54) is 11.3 Å². The highest BCUT2D eigenvalue weighted by Gasteiger charge is 2.11. The van der Waals surface area contributed by atoms with Gasteiger partial charge in [0.25, 0.3) is 0 Å². The number of aromatic nitrogens is 3. The standard InChI is InChI=1S/C13H20N4S/c1-9-13(5-6-14-4)10(2)17(16-9)7-12-8-18-11(3)15-12/h8,14H,5-7H2,1-4H3. The van der Waals surface area contributed by atoms with Crippen molar-refractivity contribution in [3.05, 3.63) is 33.0 Å². The zero-order chi connectivity index (χ0) is 13.1. The Bertz CT molecular complexity index is 527. The first-order valence-electron chi connectivity index (χ1n) is 6.20. The van der Waals surface area contributed by atoms with Crippen LogP contribution in [0.5, 0.6) is 0 Å². The van der Waals surface area contributed by atoms with Gasteiger partial charge in [-0.1, -0.05) is 0 Å². The number of rotatable bonds is 5. The average molecular weight is 264 g/mol. The smallest absolute Gasteiger partial charge is 0.0898 e. The molecule has 1 N–H and O–H groups in total. The molecule has 4 nitrogen and oxygen atoms in total. The summed E-state index contributed by atoms with van der Waals surface area (Å²) in [5, 5.41) is 11.0. The number of aryl methyl sites for hydroxylation is 2. The molecule has 0 spiro atoms. The summed E-state index contributed by atoms with van der Waals surface area (Å²) in [6, 6.07) is 0. The highest BCUT2D eigenvalue weighted by molar-refractivity contribution is 7.09. The van der Waals surface area contributed by atoms with E-state index in [4.69, 9.17) is 0 Å². The van der Waals surface area contributed by atoms with Crippen molar-refractivity contribution in [3.63, 3.8) is 0 Å². The topological polar surface area (TPSA) is 42.7 Å². The van der Waals surface area contributed by atoms with Crippen LogP contribution >= 0.6 is 11.3 Å². The quantitative estimate of drug-likeness (QED) is 0.899. The summed E-state index contributed by atoms with van der Waals surface area (Å²) in [6.07, 6.45) is 1.03. The van der Waals surface area contributed by atoms with Gasteiger partial charge < -0.3 is 5.32 Å². The lowest BCUT2D eigenvalue weighted by atomic mass is 10.1. The van der Waals surface area contributed by atoms with Crippen molar-refractivity contribution < 1.29 is 0 Å². The van der Waals surface area contributed by atoms with Gasteiger partial charge in [0.05, 0.1) is 22.9 Å². The van der Waals surface area contributed by atoms with E-state index >= 15 is 0 Å². The van der Waals surface area contributed by atoms with E-state index in [2.05, 4.69) is 39.3 Å². The maximum atomic E-state index is 4.62. The normalized spacial score (nSPS) is 11.1. The maximum absolute atomic E-state index is 4.62. The van der Waals surface area contributed by atoms with Crippen molar-refractivity contribution in [1.82, 2.24) is 20.1 Å². The van der Waals surface area contributed by atoms with E-state index in [1.807, 2.05) is 14.0 Å². The van der Waals surface area contributed by atoms with E-state index in [-0.39, 0.29) is 0 Å². The van der Waals surface area contributed by atoms with Gasteiger partial charge in [-0.05, 0) is 46.3 Å². The van der Waals surface area contributed by atoms with Gasteiger partial charge in [0.2, 0.25) is 0 Å². The Hall–Kier alpha value is -1.20. The molecule has 0 saturated carbocycles. The highest BCUT2D eigenvalue weighted by Crippen LogP contribution is 2.16. The number of hydrogen-bond donors (Lipinski definition) is 1. The van der Waals surface area contributed by atoms with Gasteiger partial charge in [0, 0.05) is 11.1 Å². The molecule has 0 amide bonds. The van der Waals surface area contributed by atoms with E-state index in [0.717, 1.165) is 35.9 Å². The molecule has 0 radical (unpaired) electrons. The Morgan fingerprint density at radius 2 is 2.11 bits per heavy atom. The molecule has 0 bridgehead atoms. The molecule has 2 rings (SSSR count). The number of nitrogens with one attached hydrogen (secondary N) is 1. The summed E-state index contributed by atoms with van der Waals surface area (Å²) in [7, 11) is 1.98. The van der Waals surface area contributed by atoms with Gasteiger partial charge in [-0.3, -0.25) is 4.68 Å². The fourth-order valence-electron chi connectivity index (χ4n) is 2.13. The summed E-state index contributed by atoms with van der Waals surface area (Å²) < 4.78 is 2.06. The van der Waals surface area contributed by atoms with Crippen LogP contribution in [0.4, 0.5) is 0 Å². The largest absolute Gasteiger partial charge is 0.319 e. The van der Waals surface area contributed by atoms with Crippen LogP contribution in [0.1, 0.15) is 27.7 Å². The summed E-state index contributed by atoms with van der Waals surface area (Å²) in [4.78, 5) is 4.49. The predicted octanol–water partition coefficient (Wildman–Crippen LogP) is 2.08. The third kappa shape index (κ3) is 2.79. The van der Waals surface area contributed by atoms with Crippen LogP contribution in [-0.2, 0) is 13.0 Å². The van der Waals surface area contributed by atoms with Gasteiger partial charge in [-0.25, -0.2) is 4.98 Å². The predicted molar refractivity (Wildman–Crippen MR) is 75.3 cm³/mol. The van der Waals surface area contributed by atoms with Crippen molar-refractivity contribution in [3.8, 4) is 0 Å². The Kier molecular flexibility index (Phi) is 4.14. The van der Waals surface area contributed by atoms with Crippen LogP contribution < -0.4 is 5.32 Å². The molecule has 0 aliphatic heterocycles. The molecule has 2 aromatic heterocycles. The van der Waals surface area contributed by atoms with Gasteiger partial charge in [-0.15, -0.1) is 11.3 Å². The SMILES string of the molecule is CNCCc1c(C)nn(Cc2csc(C)n2)c1C. The molecule has 0 aliphatic rings. The molecule has 2 aromatic rings. The van der Waals surface area contributed by atoms with Crippen molar-refractivity contribution in [2.45, 2.75) is 33.7 Å². The zero-order valence-corrected chi connectivity index (χ0v) is 12.3. The van der Waals surface area contributed by atoms with Crippen LogP contribution in [0.3, 0.4) is 0 Å². The molecule has 0 atom stereocenters. The lowest BCUT2D eigenvalue weighted by Gasteiger charge is -2.03. The fraction of sp³-hybridized carbons (Fsp3) is 0.538. The van der Waals surface area contributed by atoms with Gasteiger partial charge >= 0.3 is 0 Å². The number of hydrogen-bond acceptors (Lipinski definition) is 4. The molecular weight excluding hydrogens is 244 g/mol. The number of nitrogens with zero attached hydrogens (tertiary/aromatic N) is 3. The van der Waals surface area contributed by atoms with Gasteiger partial charge in [-0.2, -0.15) is 5.10 Å². The maximum Gasteiger partial charge on any atom is 0.0898 e. The van der Waals surface area contributed by atoms with Crippen LogP contribution in [0.25, 0.3) is 0 Å². The van der Waals surface area contributed by atoms with Crippen molar-refractivity contribution in [1.29, 1.82) is 0 Å². The minimum Gasteiger partial charge on any atom is -0.319 e. The van der Waals surface area contributed by atoms with Crippen LogP contribution in [-0.4, -0.2) is 28.4 Å². The molecule has 0 saturated heterocycles. The van der Waals surface area contributed by atoms with Crippen LogP contribution in [0.2, 0.25) is 0 Å². The molecular formula is C13H20N4S.